The van der Waals surface area contributed by atoms with Crippen molar-refractivity contribution in [1.82, 2.24) is 4.72 Å². The molecule has 1 aromatic rings. The van der Waals surface area contributed by atoms with Gasteiger partial charge in [0.1, 0.15) is 10.6 Å². The minimum Gasteiger partial charge on any atom is -0.492 e. The smallest absolute Gasteiger partial charge is 0.244 e. The molecule has 5 nitrogen and oxygen atoms in total. The first kappa shape index (κ1) is 18.4. The summed E-state index contributed by atoms with van der Waals surface area (Å²) in [5, 5.41) is 10.1. The van der Waals surface area contributed by atoms with Gasteiger partial charge in [0.2, 0.25) is 10.0 Å². The van der Waals surface area contributed by atoms with Crippen molar-refractivity contribution in [3.05, 3.63) is 22.7 Å². The molecule has 0 bridgehead atoms. The molecule has 0 heterocycles. The molecule has 0 aromatic heterocycles. The lowest BCUT2D eigenvalue weighted by Gasteiger charge is -2.23. The minimum atomic E-state index is -3.75. The van der Waals surface area contributed by atoms with Crippen LogP contribution in [0.2, 0.25) is 0 Å². The van der Waals surface area contributed by atoms with Crippen molar-refractivity contribution in [2.24, 2.45) is 0 Å². The van der Waals surface area contributed by atoms with Crippen LogP contribution in [0, 0.1) is 0 Å². The Balaban J connectivity index is 3.00. The highest BCUT2D eigenvalue weighted by Gasteiger charge is 2.25. The van der Waals surface area contributed by atoms with Crippen LogP contribution in [0.1, 0.15) is 33.6 Å². The molecular weight excluding hydrogens is 358 g/mol. The van der Waals surface area contributed by atoms with Crippen LogP contribution in [0.3, 0.4) is 0 Å². The molecule has 1 unspecified atom stereocenters. The van der Waals surface area contributed by atoms with E-state index in [9.17, 15) is 13.5 Å². The quantitative estimate of drug-likeness (QED) is 0.727. The van der Waals surface area contributed by atoms with E-state index < -0.39 is 15.6 Å². The van der Waals surface area contributed by atoms with E-state index in [4.69, 9.17) is 4.74 Å². The molecule has 0 saturated carbocycles. The van der Waals surface area contributed by atoms with Crippen LogP contribution in [-0.2, 0) is 10.0 Å². The van der Waals surface area contributed by atoms with Crippen molar-refractivity contribution in [3.8, 4) is 5.75 Å². The maximum absolute atomic E-state index is 12.4. The standard InChI is InChI=1S/C14H22BrNO4S/c1-4-8-14(3,17)10-16-21(18,19)13-9-11(15)6-7-12(13)20-5-2/h6-7,9,16-17H,4-5,8,10H2,1-3H3. The number of halogens is 1. The Morgan fingerprint density at radius 1 is 1.38 bits per heavy atom. The van der Waals surface area contributed by atoms with Gasteiger partial charge in [0, 0.05) is 11.0 Å². The lowest BCUT2D eigenvalue weighted by Crippen LogP contribution is -2.40. The molecule has 0 aliphatic rings. The highest BCUT2D eigenvalue weighted by molar-refractivity contribution is 9.10. The molecule has 2 N–H and O–H groups in total. The van der Waals surface area contributed by atoms with Gasteiger partial charge in [0.15, 0.2) is 0 Å². The van der Waals surface area contributed by atoms with Crippen molar-refractivity contribution >= 4 is 26.0 Å². The van der Waals surface area contributed by atoms with Crippen LogP contribution in [0.5, 0.6) is 5.75 Å². The summed E-state index contributed by atoms with van der Waals surface area (Å²) in [6.07, 6.45) is 1.29. The predicted molar refractivity (Wildman–Crippen MR) is 86.0 cm³/mol. The van der Waals surface area contributed by atoms with E-state index in [1.165, 1.54) is 6.07 Å². The van der Waals surface area contributed by atoms with E-state index in [1.54, 1.807) is 26.0 Å². The third kappa shape index (κ3) is 5.58. The number of nitrogens with one attached hydrogen (secondary N) is 1. The molecule has 0 saturated heterocycles. The molecule has 1 atom stereocenters. The Hall–Kier alpha value is -0.630. The molecule has 21 heavy (non-hydrogen) atoms. The predicted octanol–water partition coefficient (Wildman–Crippen LogP) is 2.68. The number of ether oxygens (including phenoxy) is 1. The second kappa shape index (κ2) is 7.58. The number of aliphatic hydroxyl groups is 1. The number of hydrogen-bond donors (Lipinski definition) is 2. The Morgan fingerprint density at radius 3 is 2.62 bits per heavy atom. The maximum atomic E-state index is 12.4. The normalized spacial score (nSPS) is 14.7. The van der Waals surface area contributed by atoms with E-state index in [-0.39, 0.29) is 11.4 Å². The molecule has 0 fully saturated rings. The molecular formula is C14H22BrNO4S. The van der Waals surface area contributed by atoms with Gasteiger partial charge in [0.05, 0.1) is 12.2 Å². The van der Waals surface area contributed by atoms with E-state index in [1.807, 2.05) is 6.92 Å². The first-order valence-electron chi connectivity index (χ1n) is 6.86. The molecule has 0 amide bonds. The third-order valence-electron chi connectivity index (χ3n) is 2.93. The zero-order valence-corrected chi connectivity index (χ0v) is 14.9. The van der Waals surface area contributed by atoms with Crippen LogP contribution in [0.15, 0.2) is 27.6 Å². The summed E-state index contributed by atoms with van der Waals surface area (Å²) in [4.78, 5) is 0.0611. The van der Waals surface area contributed by atoms with Crippen LogP contribution in [0.4, 0.5) is 0 Å². The summed E-state index contributed by atoms with van der Waals surface area (Å²) in [5.74, 6) is 0.295. The lowest BCUT2D eigenvalue weighted by molar-refractivity contribution is 0.0554. The monoisotopic (exact) mass is 379 g/mol. The zero-order valence-electron chi connectivity index (χ0n) is 12.5. The molecule has 0 aliphatic carbocycles. The lowest BCUT2D eigenvalue weighted by atomic mass is 10.0. The van der Waals surface area contributed by atoms with E-state index in [0.717, 1.165) is 6.42 Å². The number of sulfonamides is 1. The SMILES string of the molecule is CCCC(C)(O)CNS(=O)(=O)c1cc(Br)ccc1OCC. The van der Waals surface area contributed by atoms with Gasteiger partial charge in [-0.05, 0) is 38.5 Å². The van der Waals surface area contributed by atoms with Crippen molar-refractivity contribution < 1.29 is 18.3 Å². The van der Waals surface area contributed by atoms with Gasteiger partial charge in [-0.3, -0.25) is 0 Å². The summed E-state index contributed by atoms with van der Waals surface area (Å²) in [6.45, 7) is 5.67. The Bertz CT molecular complexity index is 572. The molecule has 7 heteroatoms. The molecule has 120 valence electrons. The van der Waals surface area contributed by atoms with Crippen LogP contribution in [0.25, 0.3) is 0 Å². The Kier molecular flexibility index (Phi) is 6.65. The van der Waals surface area contributed by atoms with Crippen LogP contribution < -0.4 is 9.46 Å². The average molecular weight is 380 g/mol. The summed E-state index contributed by atoms with van der Waals surface area (Å²) >= 11 is 3.26. The second-order valence-corrected chi connectivity index (χ2v) is 7.75. The van der Waals surface area contributed by atoms with E-state index in [2.05, 4.69) is 20.7 Å². The van der Waals surface area contributed by atoms with Crippen molar-refractivity contribution in [2.75, 3.05) is 13.2 Å². The fourth-order valence-electron chi connectivity index (χ4n) is 1.92. The first-order chi connectivity index (χ1) is 9.72. The number of hydrogen-bond acceptors (Lipinski definition) is 4. The minimum absolute atomic E-state index is 0.0404. The van der Waals surface area contributed by atoms with Crippen LogP contribution in [-0.4, -0.2) is 32.3 Å². The maximum Gasteiger partial charge on any atom is 0.244 e. The van der Waals surface area contributed by atoms with Gasteiger partial charge in [-0.2, -0.15) is 0 Å². The summed E-state index contributed by atoms with van der Waals surface area (Å²) < 4.78 is 33.3. The fraction of sp³-hybridized carbons (Fsp3) is 0.571. The third-order valence-corrected chi connectivity index (χ3v) is 4.84. The average Bonchev–Trinajstić information content (AvgIpc) is 2.39. The fourth-order valence-corrected chi connectivity index (χ4v) is 3.76. The van der Waals surface area contributed by atoms with E-state index >= 15 is 0 Å². The molecule has 1 rings (SSSR count). The van der Waals surface area contributed by atoms with Gasteiger partial charge in [-0.1, -0.05) is 29.3 Å². The number of benzene rings is 1. The van der Waals surface area contributed by atoms with Gasteiger partial charge in [-0.15, -0.1) is 0 Å². The van der Waals surface area contributed by atoms with Crippen molar-refractivity contribution in [2.45, 2.75) is 44.1 Å². The molecule has 0 spiro atoms. The molecule has 0 aliphatic heterocycles. The Labute approximate surface area is 134 Å². The van der Waals surface area contributed by atoms with Gasteiger partial charge >= 0.3 is 0 Å². The highest BCUT2D eigenvalue weighted by Crippen LogP contribution is 2.27. The highest BCUT2D eigenvalue weighted by atomic mass is 79.9. The topological polar surface area (TPSA) is 75.6 Å². The van der Waals surface area contributed by atoms with Crippen LogP contribution >= 0.6 is 15.9 Å². The summed E-state index contributed by atoms with van der Waals surface area (Å²) in [6, 6.07) is 4.81. The zero-order chi connectivity index (χ0) is 16.1. The van der Waals surface area contributed by atoms with Gasteiger partial charge < -0.3 is 9.84 Å². The van der Waals surface area contributed by atoms with E-state index in [0.29, 0.717) is 23.2 Å². The Morgan fingerprint density at radius 2 is 2.05 bits per heavy atom. The largest absolute Gasteiger partial charge is 0.492 e. The summed E-state index contributed by atoms with van der Waals surface area (Å²) in [7, 11) is -3.75. The first-order valence-corrected chi connectivity index (χ1v) is 9.14. The van der Waals surface area contributed by atoms with Crippen molar-refractivity contribution in [1.29, 1.82) is 0 Å². The van der Waals surface area contributed by atoms with Crippen molar-refractivity contribution in [3.63, 3.8) is 0 Å². The molecule has 1 aromatic carbocycles. The van der Waals surface area contributed by atoms with Gasteiger partial charge in [-0.25, -0.2) is 13.1 Å². The number of rotatable bonds is 8. The molecule has 0 radical (unpaired) electrons. The van der Waals surface area contributed by atoms with Gasteiger partial charge in [0.25, 0.3) is 0 Å². The second-order valence-electron chi connectivity index (χ2n) is 5.10. The summed E-state index contributed by atoms with van der Waals surface area (Å²) in [5.41, 5.74) is -1.07.